The van der Waals surface area contributed by atoms with E-state index in [9.17, 15) is 19.2 Å². The Bertz CT molecular complexity index is 618. The lowest BCUT2D eigenvalue weighted by Gasteiger charge is -2.21. The molecule has 0 bridgehead atoms. The summed E-state index contributed by atoms with van der Waals surface area (Å²) in [6.45, 7) is 3.07. The van der Waals surface area contributed by atoms with Gasteiger partial charge in [-0.25, -0.2) is 0 Å². The Morgan fingerprint density at radius 1 is 1.08 bits per heavy atom. The Morgan fingerprint density at radius 3 is 2.24 bits per heavy atom. The molecule has 1 aromatic carbocycles. The molecular weight excluding hydrogens is 326 g/mol. The van der Waals surface area contributed by atoms with Gasteiger partial charge in [-0.3, -0.25) is 19.2 Å². The van der Waals surface area contributed by atoms with Crippen LogP contribution in [0.4, 0.5) is 0 Å². The van der Waals surface area contributed by atoms with Gasteiger partial charge >= 0.3 is 5.97 Å². The van der Waals surface area contributed by atoms with Gasteiger partial charge < -0.3 is 21.1 Å². The Labute approximate surface area is 146 Å². The third-order valence-electron chi connectivity index (χ3n) is 3.31. The van der Waals surface area contributed by atoms with E-state index in [2.05, 4.69) is 10.6 Å². The molecule has 4 N–H and O–H groups in total. The minimum Gasteiger partial charge on any atom is -0.466 e. The molecular formula is C17H23N3O5. The number of amides is 3. The molecule has 0 aliphatic rings. The van der Waals surface area contributed by atoms with Crippen LogP contribution in [-0.4, -0.2) is 42.4 Å². The number of nitrogens with two attached hydrogens (primary N) is 1. The number of carbonyl (C=O) groups excluding carboxylic acids is 4. The molecule has 0 saturated carbocycles. The molecule has 0 fully saturated rings. The van der Waals surface area contributed by atoms with Crippen LogP contribution in [0.15, 0.2) is 30.3 Å². The van der Waals surface area contributed by atoms with Gasteiger partial charge in [0.1, 0.15) is 12.1 Å². The monoisotopic (exact) mass is 349 g/mol. The molecule has 0 heterocycles. The number of nitrogens with one attached hydrogen (secondary N) is 2. The molecule has 0 aliphatic heterocycles. The largest absolute Gasteiger partial charge is 0.466 e. The smallest absolute Gasteiger partial charge is 0.308 e. The zero-order valence-electron chi connectivity index (χ0n) is 14.3. The third-order valence-corrected chi connectivity index (χ3v) is 3.31. The van der Waals surface area contributed by atoms with E-state index in [4.69, 9.17) is 10.5 Å². The van der Waals surface area contributed by atoms with Crippen LogP contribution in [0.3, 0.4) is 0 Å². The van der Waals surface area contributed by atoms with Crippen molar-refractivity contribution in [3.8, 4) is 0 Å². The lowest BCUT2D eigenvalue weighted by atomic mass is 10.0. The van der Waals surface area contributed by atoms with Crippen molar-refractivity contribution in [1.82, 2.24) is 10.6 Å². The summed E-state index contributed by atoms with van der Waals surface area (Å²) in [6, 6.07) is 6.97. The normalized spacial score (nSPS) is 12.6. The van der Waals surface area contributed by atoms with E-state index >= 15 is 0 Å². The van der Waals surface area contributed by atoms with Gasteiger partial charge in [-0.15, -0.1) is 0 Å². The van der Waals surface area contributed by atoms with Gasteiger partial charge in [0.2, 0.25) is 17.7 Å². The van der Waals surface area contributed by atoms with E-state index in [1.165, 1.54) is 6.92 Å². The molecule has 1 aromatic rings. The van der Waals surface area contributed by atoms with Crippen molar-refractivity contribution < 1.29 is 23.9 Å². The predicted molar refractivity (Wildman–Crippen MR) is 90.1 cm³/mol. The Hall–Kier alpha value is -2.90. The first kappa shape index (κ1) is 20.1. The van der Waals surface area contributed by atoms with Crippen molar-refractivity contribution in [2.45, 2.75) is 38.8 Å². The van der Waals surface area contributed by atoms with Crippen LogP contribution in [0.5, 0.6) is 0 Å². The zero-order valence-corrected chi connectivity index (χ0v) is 14.3. The fourth-order valence-corrected chi connectivity index (χ4v) is 2.19. The molecule has 3 amide bonds. The van der Waals surface area contributed by atoms with Crippen LogP contribution in [0, 0.1) is 0 Å². The molecule has 8 nitrogen and oxygen atoms in total. The van der Waals surface area contributed by atoms with Crippen LogP contribution >= 0.6 is 0 Å². The standard InChI is InChI=1S/C17H23N3O5/c1-3-25-15(22)10-13(16(18)23)20-17(24)14(19-11(2)21)9-12-7-5-4-6-8-12/h4-8,13-14H,3,9-10H2,1-2H3,(H2,18,23)(H,19,21)(H,20,24)/t13-,14-/m1/s1. The molecule has 0 unspecified atom stereocenters. The van der Waals surface area contributed by atoms with Gasteiger partial charge in [0, 0.05) is 13.3 Å². The number of benzene rings is 1. The summed E-state index contributed by atoms with van der Waals surface area (Å²) in [7, 11) is 0. The van der Waals surface area contributed by atoms with Gasteiger partial charge in [0.25, 0.3) is 0 Å². The number of hydrogen-bond acceptors (Lipinski definition) is 5. The minimum atomic E-state index is -1.21. The maximum atomic E-state index is 12.5. The van der Waals surface area contributed by atoms with Crippen LogP contribution < -0.4 is 16.4 Å². The van der Waals surface area contributed by atoms with Crippen molar-refractivity contribution in [2.24, 2.45) is 5.73 Å². The summed E-state index contributed by atoms with van der Waals surface area (Å²) in [5.41, 5.74) is 6.07. The first-order valence-electron chi connectivity index (χ1n) is 7.89. The lowest BCUT2D eigenvalue weighted by Crippen LogP contribution is -2.54. The van der Waals surface area contributed by atoms with Crippen molar-refractivity contribution in [1.29, 1.82) is 0 Å². The highest BCUT2D eigenvalue weighted by molar-refractivity contribution is 5.93. The summed E-state index contributed by atoms with van der Waals surface area (Å²) in [4.78, 5) is 46.8. The van der Waals surface area contributed by atoms with E-state index in [0.29, 0.717) is 0 Å². The lowest BCUT2D eigenvalue weighted by molar-refractivity contribution is -0.145. The van der Waals surface area contributed by atoms with Crippen LogP contribution in [0.1, 0.15) is 25.8 Å². The highest BCUT2D eigenvalue weighted by Gasteiger charge is 2.27. The molecule has 0 saturated heterocycles. The first-order valence-corrected chi connectivity index (χ1v) is 7.89. The fraction of sp³-hybridized carbons (Fsp3) is 0.412. The predicted octanol–water partition coefficient (Wildman–Crippen LogP) is -0.343. The summed E-state index contributed by atoms with van der Waals surface area (Å²) >= 11 is 0. The van der Waals surface area contributed by atoms with E-state index < -0.39 is 35.8 Å². The average Bonchev–Trinajstić information content (AvgIpc) is 2.54. The Kier molecular flexibility index (Phi) is 8.11. The number of ether oxygens (including phenoxy) is 1. The van der Waals surface area contributed by atoms with Gasteiger partial charge in [-0.1, -0.05) is 30.3 Å². The number of rotatable bonds is 9. The summed E-state index contributed by atoms with van der Waals surface area (Å²) in [5.74, 6) is -2.50. The van der Waals surface area contributed by atoms with Crippen LogP contribution in [-0.2, 0) is 30.3 Å². The number of carbonyl (C=O) groups is 4. The van der Waals surface area contributed by atoms with E-state index in [1.54, 1.807) is 6.92 Å². The number of esters is 1. The second-order valence-electron chi connectivity index (χ2n) is 5.42. The zero-order chi connectivity index (χ0) is 18.8. The highest BCUT2D eigenvalue weighted by atomic mass is 16.5. The summed E-state index contributed by atoms with van der Waals surface area (Å²) in [5, 5.41) is 4.93. The van der Waals surface area contributed by atoms with Crippen molar-refractivity contribution in [3.05, 3.63) is 35.9 Å². The quantitative estimate of drug-likeness (QED) is 0.525. The Morgan fingerprint density at radius 2 is 1.72 bits per heavy atom. The van der Waals surface area contributed by atoms with Gasteiger partial charge in [0.15, 0.2) is 0 Å². The van der Waals surface area contributed by atoms with Crippen molar-refractivity contribution >= 4 is 23.7 Å². The number of primary amides is 1. The van der Waals surface area contributed by atoms with Crippen LogP contribution in [0.2, 0.25) is 0 Å². The average molecular weight is 349 g/mol. The van der Waals surface area contributed by atoms with Gasteiger partial charge in [0.05, 0.1) is 13.0 Å². The van der Waals surface area contributed by atoms with Gasteiger partial charge in [-0.2, -0.15) is 0 Å². The second kappa shape index (κ2) is 10.1. The van der Waals surface area contributed by atoms with Crippen molar-refractivity contribution in [2.75, 3.05) is 6.61 Å². The maximum Gasteiger partial charge on any atom is 0.308 e. The molecule has 1 rings (SSSR count). The molecule has 136 valence electrons. The molecule has 8 heteroatoms. The van der Waals surface area contributed by atoms with E-state index in [0.717, 1.165) is 5.56 Å². The minimum absolute atomic E-state index is 0.154. The van der Waals surface area contributed by atoms with Crippen LogP contribution in [0.25, 0.3) is 0 Å². The molecule has 2 atom stereocenters. The molecule has 0 radical (unpaired) electrons. The summed E-state index contributed by atoms with van der Waals surface area (Å²) < 4.78 is 4.76. The topological polar surface area (TPSA) is 128 Å². The third kappa shape index (κ3) is 7.47. The maximum absolute atomic E-state index is 12.5. The fourth-order valence-electron chi connectivity index (χ4n) is 2.19. The van der Waals surface area contributed by atoms with E-state index in [-0.39, 0.29) is 19.4 Å². The van der Waals surface area contributed by atoms with Gasteiger partial charge in [-0.05, 0) is 12.5 Å². The second-order valence-corrected chi connectivity index (χ2v) is 5.42. The molecule has 0 aromatic heterocycles. The first-order chi connectivity index (χ1) is 11.8. The molecule has 0 aliphatic carbocycles. The molecule has 0 spiro atoms. The highest BCUT2D eigenvalue weighted by Crippen LogP contribution is 2.05. The summed E-state index contributed by atoms with van der Waals surface area (Å²) in [6.07, 6.45) is -0.135. The molecule has 25 heavy (non-hydrogen) atoms. The SMILES string of the molecule is CCOC(=O)C[C@@H](NC(=O)[C@@H](Cc1ccccc1)NC(C)=O)C(N)=O. The Balaban J connectivity index is 2.82. The van der Waals surface area contributed by atoms with Crippen molar-refractivity contribution in [3.63, 3.8) is 0 Å². The number of hydrogen-bond donors (Lipinski definition) is 3. The van der Waals surface area contributed by atoms with E-state index in [1.807, 2.05) is 30.3 Å².